The zero-order valence-corrected chi connectivity index (χ0v) is 20.9. The third-order valence-corrected chi connectivity index (χ3v) is 5.34. The Balaban J connectivity index is 1.88. The average Bonchev–Trinajstić information content (AvgIpc) is 2.87. The van der Waals surface area contributed by atoms with Crippen molar-refractivity contribution in [1.82, 2.24) is 0 Å². The van der Waals surface area contributed by atoms with Gasteiger partial charge in [-0.3, -0.25) is 4.79 Å². The Bertz CT molecular complexity index is 1260. The molecular formula is C26H21Cl2NO8. The van der Waals surface area contributed by atoms with E-state index in [1.807, 2.05) is 6.92 Å². The van der Waals surface area contributed by atoms with Gasteiger partial charge in [-0.2, -0.15) is 0 Å². The summed E-state index contributed by atoms with van der Waals surface area (Å²) in [4.78, 5) is 50.6. The fraction of sp³-hybridized carbons (Fsp3) is 0.154. The van der Waals surface area contributed by atoms with Gasteiger partial charge in [-0.15, -0.1) is 0 Å². The normalized spacial score (nSPS) is 12.1. The van der Waals surface area contributed by atoms with Crippen molar-refractivity contribution in [2.75, 3.05) is 11.9 Å². The molecule has 0 radical (unpaired) electrons. The van der Waals surface area contributed by atoms with Crippen LogP contribution >= 0.6 is 23.2 Å². The molecule has 0 bridgehead atoms. The third kappa shape index (κ3) is 7.70. The number of hydrogen-bond donors (Lipinski definition) is 2. The molecule has 37 heavy (non-hydrogen) atoms. The number of carboxylic acids is 1. The molecular weight excluding hydrogens is 525 g/mol. The number of halogens is 2. The smallest absolute Gasteiger partial charge is 0.349 e. The number of nitrogens with one attached hydrogen (secondary N) is 1. The first-order chi connectivity index (χ1) is 17.7. The van der Waals surface area contributed by atoms with E-state index in [-0.39, 0.29) is 16.8 Å². The molecule has 0 fully saturated rings. The number of amides is 1. The van der Waals surface area contributed by atoms with Crippen LogP contribution in [0.1, 0.15) is 27.6 Å². The van der Waals surface area contributed by atoms with Crippen molar-refractivity contribution in [3.8, 4) is 5.75 Å². The predicted octanol–water partition coefficient (Wildman–Crippen LogP) is 4.87. The van der Waals surface area contributed by atoms with E-state index in [0.717, 1.165) is 0 Å². The van der Waals surface area contributed by atoms with Crippen molar-refractivity contribution in [1.29, 1.82) is 0 Å². The molecule has 0 aliphatic carbocycles. The van der Waals surface area contributed by atoms with Gasteiger partial charge in [0.25, 0.3) is 5.91 Å². The van der Waals surface area contributed by atoms with E-state index in [0.29, 0.717) is 22.4 Å². The van der Waals surface area contributed by atoms with E-state index in [2.05, 4.69) is 5.32 Å². The van der Waals surface area contributed by atoms with E-state index < -0.39 is 36.0 Å². The van der Waals surface area contributed by atoms with Gasteiger partial charge >= 0.3 is 17.9 Å². The molecule has 2 N–H and O–H groups in total. The SMILES string of the molecule is CCOc1ccc(NC(=O)[C@H](OC(=O)c2ccc(Cl)cc2)[C@@H](OC(=O)c2ccc(Cl)cc2)C(=O)O)cc1. The maximum atomic E-state index is 13.1. The van der Waals surface area contributed by atoms with Gasteiger partial charge in [0.2, 0.25) is 12.2 Å². The molecule has 1 amide bonds. The summed E-state index contributed by atoms with van der Waals surface area (Å²) in [6, 6.07) is 17.2. The Morgan fingerprint density at radius 3 is 1.65 bits per heavy atom. The number of carbonyl (C=O) groups excluding carboxylic acids is 3. The van der Waals surface area contributed by atoms with Crippen LogP contribution in [0.5, 0.6) is 5.75 Å². The monoisotopic (exact) mass is 545 g/mol. The Kier molecular flexibility index (Phi) is 9.48. The van der Waals surface area contributed by atoms with Gasteiger partial charge in [0, 0.05) is 15.7 Å². The molecule has 3 aromatic rings. The second-order valence-electron chi connectivity index (χ2n) is 7.45. The summed E-state index contributed by atoms with van der Waals surface area (Å²) in [5, 5.41) is 13.0. The average molecular weight is 546 g/mol. The molecule has 0 aromatic heterocycles. The maximum absolute atomic E-state index is 13.1. The van der Waals surface area contributed by atoms with Gasteiger partial charge in [0.15, 0.2) is 0 Å². The van der Waals surface area contributed by atoms with E-state index in [4.69, 9.17) is 37.4 Å². The zero-order chi connectivity index (χ0) is 26.9. The molecule has 11 heteroatoms. The van der Waals surface area contributed by atoms with E-state index >= 15 is 0 Å². The van der Waals surface area contributed by atoms with Crippen molar-refractivity contribution in [3.05, 3.63) is 94.0 Å². The van der Waals surface area contributed by atoms with Gasteiger partial charge in [0.1, 0.15) is 5.75 Å². The van der Waals surface area contributed by atoms with Gasteiger partial charge in [-0.05, 0) is 79.7 Å². The molecule has 0 heterocycles. The highest BCUT2D eigenvalue weighted by atomic mass is 35.5. The fourth-order valence-electron chi connectivity index (χ4n) is 3.05. The van der Waals surface area contributed by atoms with Gasteiger partial charge in [0.05, 0.1) is 17.7 Å². The third-order valence-electron chi connectivity index (χ3n) is 4.84. The lowest BCUT2D eigenvalue weighted by Gasteiger charge is -2.23. The molecule has 0 saturated carbocycles. The van der Waals surface area contributed by atoms with Crippen molar-refractivity contribution < 1.29 is 38.5 Å². The van der Waals surface area contributed by atoms with Gasteiger partial charge < -0.3 is 24.6 Å². The number of hydrogen-bond acceptors (Lipinski definition) is 7. The first-order valence-corrected chi connectivity index (χ1v) is 11.6. The Labute approximate surface area is 221 Å². The highest BCUT2D eigenvalue weighted by molar-refractivity contribution is 6.31. The first kappa shape index (κ1) is 27.5. The number of esters is 2. The Morgan fingerprint density at radius 2 is 1.22 bits per heavy atom. The highest BCUT2D eigenvalue weighted by Crippen LogP contribution is 2.20. The number of rotatable bonds is 10. The van der Waals surface area contributed by atoms with Crippen LogP contribution in [-0.4, -0.2) is 47.7 Å². The summed E-state index contributed by atoms with van der Waals surface area (Å²) in [5.41, 5.74) is 0.232. The fourth-order valence-corrected chi connectivity index (χ4v) is 3.30. The van der Waals surface area contributed by atoms with E-state index in [9.17, 15) is 24.3 Å². The lowest BCUT2D eigenvalue weighted by Crippen LogP contribution is -2.48. The van der Waals surface area contributed by atoms with Crippen molar-refractivity contribution in [3.63, 3.8) is 0 Å². The van der Waals surface area contributed by atoms with E-state index in [1.54, 1.807) is 12.1 Å². The minimum absolute atomic E-state index is 0.00330. The van der Waals surface area contributed by atoms with Crippen LogP contribution in [0.3, 0.4) is 0 Å². The zero-order valence-electron chi connectivity index (χ0n) is 19.4. The predicted molar refractivity (Wildman–Crippen MR) is 135 cm³/mol. The lowest BCUT2D eigenvalue weighted by atomic mass is 10.1. The largest absolute Gasteiger partial charge is 0.494 e. The van der Waals surface area contributed by atoms with Crippen LogP contribution < -0.4 is 10.1 Å². The van der Waals surface area contributed by atoms with Crippen LogP contribution in [0.15, 0.2) is 72.8 Å². The second kappa shape index (κ2) is 12.8. The molecule has 0 unspecified atom stereocenters. The second-order valence-corrected chi connectivity index (χ2v) is 8.32. The summed E-state index contributed by atoms with van der Waals surface area (Å²) in [7, 11) is 0. The molecule has 192 valence electrons. The summed E-state index contributed by atoms with van der Waals surface area (Å²) in [6.45, 7) is 2.25. The van der Waals surface area contributed by atoms with Crippen LogP contribution in [0.2, 0.25) is 10.0 Å². The topological polar surface area (TPSA) is 128 Å². The first-order valence-electron chi connectivity index (χ1n) is 10.9. The quantitative estimate of drug-likeness (QED) is 0.345. The molecule has 0 spiro atoms. The number of anilines is 1. The minimum atomic E-state index is -2.18. The standard InChI is InChI=1S/C26H21Cl2NO8/c1-2-35-20-13-11-19(12-14-20)29-23(30)21(36-25(33)15-3-7-17(27)8-4-15)22(24(31)32)37-26(34)16-5-9-18(28)10-6-16/h3-14,21-22H,2H2,1H3,(H,29,30)(H,31,32)/t21-,22-/m1/s1. The Hall–Kier alpha value is -4.08. The van der Waals surface area contributed by atoms with Gasteiger partial charge in [-0.1, -0.05) is 23.2 Å². The van der Waals surface area contributed by atoms with Crippen molar-refractivity contribution in [2.24, 2.45) is 0 Å². The van der Waals surface area contributed by atoms with Gasteiger partial charge in [-0.25, -0.2) is 14.4 Å². The number of ether oxygens (including phenoxy) is 3. The lowest BCUT2D eigenvalue weighted by molar-refractivity contribution is -0.157. The summed E-state index contributed by atoms with van der Waals surface area (Å²) in [5.74, 6) is -4.30. The number of carbonyl (C=O) groups is 4. The summed E-state index contributed by atoms with van der Waals surface area (Å²) in [6.07, 6.45) is -4.23. The summed E-state index contributed by atoms with van der Waals surface area (Å²) >= 11 is 11.7. The highest BCUT2D eigenvalue weighted by Gasteiger charge is 2.41. The molecule has 2 atom stereocenters. The summed E-state index contributed by atoms with van der Waals surface area (Å²) < 4.78 is 15.7. The van der Waals surface area contributed by atoms with Crippen LogP contribution in [0.25, 0.3) is 0 Å². The molecule has 9 nitrogen and oxygen atoms in total. The van der Waals surface area contributed by atoms with Crippen molar-refractivity contribution >= 4 is 52.7 Å². The maximum Gasteiger partial charge on any atom is 0.349 e. The molecule has 0 aliphatic rings. The Morgan fingerprint density at radius 1 is 0.757 bits per heavy atom. The number of aliphatic carboxylic acids is 1. The van der Waals surface area contributed by atoms with E-state index in [1.165, 1.54) is 60.7 Å². The number of carboxylic acid groups (broad SMARTS) is 1. The van der Waals surface area contributed by atoms with Crippen molar-refractivity contribution in [2.45, 2.75) is 19.1 Å². The van der Waals surface area contributed by atoms with Crippen LogP contribution in [-0.2, 0) is 19.1 Å². The number of benzene rings is 3. The van der Waals surface area contributed by atoms with Crippen LogP contribution in [0, 0.1) is 0 Å². The molecule has 3 aromatic carbocycles. The molecule has 0 aliphatic heterocycles. The molecule has 0 saturated heterocycles. The molecule has 3 rings (SSSR count). The van der Waals surface area contributed by atoms with Crippen LogP contribution in [0.4, 0.5) is 5.69 Å². The minimum Gasteiger partial charge on any atom is -0.494 e.